The lowest BCUT2D eigenvalue weighted by Gasteiger charge is -2.21. The summed E-state index contributed by atoms with van der Waals surface area (Å²) in [6, 6.07) is 8.52. The second-order valence-corrected chi connectivity index (χ2v) is 6.50. The fourth-order valence-corrected chi connectivity index (χ4v) is 2.97. The van der Waals surface area contributed by atoms with Gasteiger partial charge in [0.05, 0.1) is 23.1 Å². The summed E-state index contributed by atoms with van der Waals surface area (Å²) in [4.78, 5) is 12.0. The van der Waals surface area contributed by atoms with Crippen LogP contribution >= 0.6 is 34.8 Å². The first-order chi connectivity index (χ1) is 11.5. The summed E-state index contributed by atoms with van der Waals surface area (Å²) in [6.45, 7) is 0.655. The third kappa shape index (κ3) is 4.14. The number of carbonyl (C=O) groups excluding carboxylic acids is 1. The van der Waals surface area contributed by atoms with Crippen molar-refractivity contribution in [3.8, 4) is 5.75 Å². The van der Waals surface area contributed by atoms with Crippen LogP contribution in [0.15, 0.2) is 30.3 Å². The molecule has 3 rings (SSSR count). The van der Waals surface area contributed by atoms with Gasteiger partial charge in [0.2, 0.25) is 0 Å². The van der Waals surface area contributed by atoms with Crippen molar-refractivity contribution in [1.82, 2.24) is 0 Å². The highest BCUT2D eigenvalue weighted by atomic mass is 35.5. The Balaban J connectivity index is 1.66. The van der Waals surface area contributed by atoms with Crippen LogP contribution in [0.1, 0.15) is 16.7 Å². The molecule has 1 aliphatic heterocycles. The Kier molecular flexibility index (Phi) is 5.51. The number of fused-ring (bicyclic) bond motifs is 1. The number of esters is 1. The van der Waals surface area contributed by atoms with Gasteiger partial charge >= 0.3 is 5.97 Å². The highest BCUT2D eigenvalue weighted by Gasteiger charge is 2.17. The predicted octanol–water partition coefficient (Wildman–Crippen LogP) is 4.80. The van der Waals surface area contributed by atoms with E-state index in [0.717, 1.165) is 11.1 Å². The summed E-state index contributed by atoms with van der Waals surface area (Å²) < 4.78 is 16.0. The maximum atomic E-state index is 12.0. The Morgan fingerprint density at radius 1 is 1.12 bits per heavy atom. The van der Waals surface area contributed by atoms with Gasteiger partial charge in [-0.2, -0.15) is 0 Å². The van der Waals surface area contributed by atoms with Gasteiger partial charge < -0.3 is 14.2 Å². The van der Waals surface area contributed by atoms with Gasteiger partial charge in [0.25, 0.3) is 0 Å². The van der Waals surface area contributed by atoms with Gasteiger partial charge in [-0.15, -0.1) is 0 Å². The van der Waals surface area contributed by atoms with Crippen molar-refractivity contribution in [2.24, 2.45) is 0 Å². The van der Waals surface area contributed by atoms with E-state index in [1.807, 2.05) is 0 Å². The van der Waals surface area contributed by atoms with E-state index in [0.29, 0.717) is 33.0 Å². The standard InChI is InChI=1S/C17H13Cl3O4/c18-13-5-11-7-22-9-24-17(11)12(6-13)8-23-16(21)4-10-1-2-14(19)15(20)3-10/h1-3,5-6H,4,7-9H2. The van der Waals surface area contributed by atoms with Crippen molar-refractivity contribution < 1.29 is 19.0 Å². The van der Waals surface area contributed by atoms with E-state index < -0.39 is 0 Å². The minimum Gasteiger partial charge on any atom is -0.467 e. The zero-order chi connectivity index (χ0) is 17.1. The summed E-state index contributed by atoms with van der Waals surface area (Å²) in [5.74, 6) is 0.280. The Hall–Kier alpha value is -1.46. The van der Waals surface area contributed by atoms with Gasteiger partial charge in [-0.25, -0.2) is 0 Å². The lowest BCUT2D eigenvalue weighted by atomic mass is 10.1. The third-order valence-electron chi connectivity index (χ3n) is 3.47. The lowest BCUT2D eigenvalue weighted by molar-refractivity contribution is -0.144. The lowest BCUT2D eigenvalue weighted by Crippen LogP contribution is -2.15. The number of halogens is 3. The minimum absolute atomic E-state index is 0.0725. The molecule has 0 atom stereocenters. The Labute approximate surface area is 154 Å². The van der Waals surface area contributed by atoms with Crippen molar-refractivity contribution >= 4 is 40.8 Å². The van der Waals surface area contributed by atoms with E-state index >= 15 is 0 Å². The molecule has 0 radical (unpaired) electrons. The average molecular weight is 388 g/mol. The molecule has 2 aromatic rings. The molecule has 126 valence electrons. The van der Waals surface area contributed by atoms with Crippen LogP contribution in [0.25, 0.3) is 0 Å². The molecular weight excluding hydrogens is 375 g/mol. The van der Waals surface area contributed by atoms with E-state index in [1.165, 1.54) is 0 Å². The zero-order valence-corrected chi connectivity index (χ0v) is 14.7. The molecule has 0 aliphatic carbocycles. The number of hydrogen-bond donors (Lipinski definition) is 0. The molecule has 0 saturated carbocycles. The molecular formula is C17H13Cl3O4. The molecule has 24 heavy (non-hydrogen) atoms. The van der Waals surface area contributed by atoms with E-state index in [4.69, 9.17) is 49.0 Å². The van der Waals surface area contributed by atoms with Crippen LogP contribution in [0.3, 0.4) is 0 Å². The van der Waals surface area contributed by atoms with Crippen LogP contribution in [0.5, 0.6) is 5.75 Å². The van der Waals surface area contributed by atoms with Gasteiger partial charge in [-0.3, -0.25) is 4.79 Å². The number of rotatable bonds is 4. The largest absolute Gasteiger partial charge is 0.467 e. The summed E-state index contributed by atoms with van der Waals surface area (Å²) in [7, 11) is 0. The smallest absolute Gasteiger partial charge is 0.310 e. The summed E-state index contributed by atoms with van der Waals surface area (Å²) in [6.07, 6.45) is 0.101. The fraction of sp³-hybridized carbons (Fsp3) is 0.235. The Morgan fingerprint density at radius 3 is 2.75 bits per heavy atom. The van der Waals surface area contributed by atoms with Crippen LogP contribution < -0.4 is 4.74 Å². The van der Waals surface area contributed by atoms with Gasteiger partial charge in [0, 0.05) is 16.1 Å². The molecule has 7 heteroatoms. The molecule has 4 nitrogen and oxygen atoms in total. The molecule has 0 saturated heterocycles. The van der Waals surface area contributed by atoms with E-state index in [-0.39, 0.29) is 25.8 Å². The summed E-state index contributed by atoms with van der Waals surface area (Å²) in [5, 5.41) is 1.39. The van der Waals surface area contributed by atoms with Crippen LogP contribution in [-0.4, -0.2) is 12.8 Å². The van der Waals surface area contributed by atoms with Crippen LogP contribution in [-0.2, 0) is 33.9 Å². The van der Waals surface area contributed by atoms with Gasteiger partial charge in [0.1, 0.15) is 12.4 Å². The van der Waals surface area contributed by atoms with Crippen molar-refractivity contribution in [3.05, 3.63) is 62.1 Å². The summed E-state index contributed by atoms with van der Waals surface area (Å²) in [5.41, 5.74) is 2.28. The maximum Gasteiger partial charge on any atom is 0.310 e. The molecule has 0 aromatic heterocycles. The second kappa shape index (κ2) is 7.62. The number of ether oxygens (including phenoxy) is 3. The average Bonchev–Trinajstić information content (AvgIpc) is 2.56. The fourth-order valence-electron chi connectivity index (χ4n) is 2.39. The van der Waals surface area contributed by atoms with Gasteiger partial charge in [-0.05, 0) is 29.8 Å². The predicted molar refractivity (Wildman–Crippen MR) is 91.7 cm³/mol. The highest BCUT2D eigenvalue weighted by molar-refractivity contribution is 6.42. The van der Waals surface area contributed by atoms with Crippen molar-refractivity contribution in [2.45, 2.75) is 19.6 Å². The molecule has 0 amide bonds. The molecule has 2 aromatic carbocycles. The molecule has 0 spiro atoms. The Bertz CT molecular complexity index is 777. The van der Waals surface area contributed by atoms with Crippen molar-refractivity contribution in [1.29, 1.82) is 0 Å². The number of benzene rings is 2. The van der Waals surface area contributed by atoms with Gasteiger partial charge in [-0.1, -0.05) is 40.9 Å². The first kappa shape index (κ1) is 17.4. The quantitative estimate of drug-likeness (QED) is 0.707. The first-order valence-electron chi connectivity index (χ1n) is 7.14. The molecule has 1 heterocycles. The number of carbonyl (C=O) groups is 1. The molecule has 0 bridgehead atoms. The second-order valence-electron chi connectivity index (χ2n) is 5.25. The minimum atomic E-state index is -0.380. The Morgan fingerprint density at radius 2 is 1.96 bits per heavy atom. The van der Waals surface area contributed by atoms with Crippen molar-refractivity contribution in [3.63, 3.8) is 0 Å². The van der Waals surface area contributed by atoms with E-state index in [1.54, 1.807) is 30.3 Å². The van der Waals surface area contributed by atoms with Crippen LogP contribution in [0.4, 0.5) is 0 Å². The van der Waals surface area contributed by atoms with Crippen molar-refractivity contribution in [2.75, 3.05) is 6.79 Å². The van der Waals surface area contributed by atoms with Crippen LogP contribution in [0, 0.1) is 0 Å². The summed E-state index contributed by atoms with van der Waals surface area (Å²) >= 11 is 17.9. The van der Waals surface area contributed by atoms with Gasteiger partial charge in [0.15, 0.2) is 6.79 Å². The van der Waals surface area contributed by atoms with E-state index in [2.05, 4.69) is 0 Å². The molecule has 0 unspecified atom stereocenters. The van der Waals surface area contributed by atoms with Crippen LogP contribution in [0.2, 0.25) is 15.1 Å². The first-order valence-corrected chi connectivity index (χ1v) is 8.27. The molecule has 1 aliphatic rings. The maximum absolute atomic E-state index is 12.0. The SMILES string of the molecule is O=C(Cc1ccc(Cl)c(Cl)c1)OCc1cc(Cl)cc2c1OCOC2. The topological polar surface area (TPSA) is 44.8 Å². The highest BCUT2D eigenvalue weighted by Crippen LogP contribution is 2.32. The van der Waals surface area contributed by atoms with E-state index in [9.17, 15) is 4.79 Å². The third-order valence-corrected chi connectivity index (χ3v) is 4.43. The normalized spacial score (nSPS) is 13.1. The zero-order valence-electron chi connectivity index (χ0n) is 12.5. The number of hydrogen-bond acceptors (Lipinski definition) is 4. The monoisotopic (exact) mass is 386 g/mol. The molecule has 0 fully saturated rings. The molecule has 0 N–H and O–H groups in total.